The van der Waals surface area contributed by atoms with Crippen LogP contribution in [0.25, 0.3) is 11.8 Å². The number of nitrogens with zero attached hydrogens (tertiary/aromatic N) is 1. The van der Waals surface area contributed by atoms with Gasteiger partial charge in [0.25, 0.3) is 0 Å². The van der Waals surface area contributed by atoms with Crippen molar-refractivity contribution in [3.8, 4) is 0 Å². The van der Waals surface area contributed by atoms with Crippen LogP contribution in [-0.2, 0) is 4.74 Å². The van der Waals surface area contributed by atoms with Crippen LogP contribution in [-0.4, -0.2) is 24.1 Å². The summed E-state index contributed by atoms with van der Waals surface area (Å²) in [6.45, 7) is 0.896. The lowest BCUT2D eigenvalue weighted by molar-refractivity contribution is 0.167. The normalized spacial score (nSPS) is 15.2. The van der Waals surface area contributed by atoms with E-state index < -0.39 is 0 Å². The number of benzene rings is 2. The smallest absolute Gasteiger partial charge is 0.414 e. The molecule has 2 aromatic carbocycles. The van der Waals surface area contributed by atoms with Crippen LogP contribution in [0, 0.1) is 5.82 Å². The molecule has 0 saturated carbocycles. The first kappa shape index (κ1) is 13.4. The van der Waals surface area contributed by atoms with Gasteiger partial charge in [0.15, 0.2) is 0 Å². The Kier molecular flexibility index (Phi) is 3.69. The molecule has 3 rings (SSSR count). The van der Waals surface area contributed by atoms with Gasteiger partial charge in [-0.25, -0.2) is 9.18 Å². The molecule has 21 heavy (non-hydrogen) atoms. The van der Waals surface area contributed by atoms with Gasteiger partial charge in [0.05, 0.1) is 12.2 Å². The Morgan fingerprint density at radius 2 is 1.81 bits per heavy atom. The lowest BCUT2D eigenvalue weighted by Crippen LogP contribution is -2.22. The summed E-state index contributed by atoms with van der Waals surface area (Å²) in [5, 5.41) is 0. The summed E-state index contributed by atoms with van der Waals surface area (Å²) in [5.74, 6) is -0.283. The topological polar surface area (TPSA) is 29.5 Å². The first-order valence-corrected chi connectivity index (χ1v) is 6.71. The Morgan fingerprint density at radius 1 is 1.10 bits per heavy atom. The van der Waals surface area contributed by atoms with Crippen LogP contribution in [0.15, 0.2) is 54.6 Å². The van der Waals surface area contributed by atoms with Crippen LogP contribution in [0.5, 0.6) is 0 Å². The molecule has 0 bridgehead atoms. The molecule has 4 heteroatoms. The van der Waals surface area contributed by atoms with Crippen molar-refractivity contribution >= 4 is 17.9 Å². The Labute approximate surface area is 122 Å². The molecule has 0 unspecified atom stereocenters. The van der Waals surface area contributed by atoms with E-state index >= 15 is 0 Å². The summed E-state index contributed by atoms with van der Waals surface area (Å²) in [6.07, 6.45) is 1.51. The third kappa shape index (κ3) is 2.94. The average molecular weight is 283 g/mol. The van der Waals surface area contributed by atoms with Crippen molar-refractivity contribution in [2.45, 2.75) is 0 Å². The number of carbonyl (C=O) groups is 1. The van der Waals surface area contributed by atoms with Gasteiger partial charge in [-0.15, -0.1) is 0 Å². The minimum Gasteiger partial charge on any atom is -0.447 e. The molecule has 1 heterocycles. The Balaban J connectivity index is 2.03. The van der Waals surface area contributed by atoms with Crippen molar-refractivity contribution in [3.05, 3.63) is 71.5 Å². The third-order valence-corrected chi connectivity index (χ3v) is 3.29. The van der Waals surface area contributed by atoms with E-state index in [9.17, 15) is 9.18 Å². The first-order valence-electron chi connectivity index (χ1n) is 6.71. The van der Waals surface area contributed by atoms with Crippen LogP contribution in [0.3, 0.4) is 0 Å². The van der Waals surface area contributed by atoms with E-state index in [2.05, 4.69) is 0 Å². The van der Waals surface area contributed by atoms with Crippen molar-refractivity contribution in [3.63, 3.8) is 0 Å². The van der Waals surface area contributed by atoms with Gasteiger partial charge < -0.3 is 4.74 Å². The zero-order valence-corrected chi connectivity index (χ0v) is 11.3. The predicted octanol–water partition coefficient (Wildman–Crippen LogP) is 3.78. The molecule has 0 aliphatic carbocycles. The Hall–Kier alpha value is -2.62. The van der Waals surface area contributed by atoms with Gasteiger partial charge in [0.2, 0.25) is 0 Å². The standard InChI is InChI=1S/C17H14FNO2/c18-15-8-6-13(7-9-15)12-16(14-4-2-1-3-5-14)19-10-11-21-17(19)20/h1-9,12H,10-11H2/b16-12-. The highest BCUT2D eigenvalue weighted by atomic mass is 19.1. The summed E-state index contributed by atoms with van der Waals surface area (Å²) in [4.78, 5) is 13.4. The lowest BCUT2D eigenvalue weighted by atomic mass is 10.1. The Bertz CT molecular complexity index is 665. The molecular formula is C17H14FNO2. The van der Waals surface area contributed by atoms with Crippen molar-refractivity contribution in [1.82, 2.24) is 4.90 Å². The third-order valence-electron chi connectivity index (χ3n) is 3.29. The second kappa shape index (κ2) is 5.79. The van der Waals surface area contributed by atoms with Gasteiger partial charge >= 0.3 is 6.09 Å². The van der Waals surface area contributed by atoms with E-state index in [1.54, 1.807) is 17.0 Å². The summed E-state index contributed by atoms with van der Waals surface area (Å²) < 4.78 is 18.0. The van der Waals surface area contributed by atoms with Crippen LogP contribution in [0.1, 0.15) is 11.1 Å². The summed E-state index contributed by atoms with van der Waals surface area (Å²) in [7, 11) is 0. The number of ether oxygens (including phenoxy) is 1. The second-order valence-corrected chi connectivity index (χ2v) is 4.71. The number of hydrogen-bond donors (Lipinski definition) is 0. The van der Waals surface area contributed by atoms with Crippen molar-refractivity contribution in [1.29, 1.82) is 0 Å². The van der Waals surface area contributed by atoms with Crippen LogP contribution in [0.4, 0.5) is 9.18 Å². The highest BCUT2D eigenvalue weighted by molar-refractivity contribution is 5.90. The highest BCUT2D eigenvalue weighted by Crippen LogP contribution is 2.25. The molecule has 0 spiro atoms. The van der Waals surface area contributed by atoms with Gasteiger partial charge in [-0.3, -0.25) is 4.90 Å². The molecule has 1 fully saturated rings. The minimum absolute atomic E-state index is 0.283. The number of cyclic esters (lactones) is 1. The maximum Gasteiger partial charge on any atom is 0.414 e. The Morgan fingerprint density at radius 3 is 2.43 bits per heavy atom. The summed E-state index contributed by atoms with van der Waals surface area (Å²) in [6, 6.07) is 15.8. The van der Waals surface area contributed by atoms with Crippen molar-refractivity contribution in [2.24, 2.45) is 0 Å². The summed E-state index contributed by atoms with van der Waals surface area (Å²) in [5.41, 5.74) is 2.50. The van der Waals surface area contributed by atoms with E-state index in [1.165, 1.54) is 12.1 Å². The predicted molar refractivity (Wildman–Crippen MR) is 78.8 cm³/mol. The molecule has 1 amide bonds. The zero-order valence-electron chi connectivity index (χ0n) is 11.3. The fourth-order valence-corrected chi connectivity index (χ4v) is 2.26. The molecule has 2 aromatic rings. The quantitative estimate of drug-likeness (QED) is 0.802. The summed E-state index contributed by atoms with van der Waals surface area (Å²) >= 11 is 0. The maximum atomic E-state index is 13.0. The van der Waals surface area contributed by atoms with Crippen LogP contribution < -0.4 is 0 Å². The molecule has 0 N–H and O–H groups in total. The van der Waals surface area contributed by atoms with Crippen LogP contribution in [0.2, 0.25) is 0 Å². The molecule has 1 saturated heterocycles. The molecular weight excluding hydrogens is 269 g/mol. The molecule has 0 radical (unpaired) electrons. The number of halogens is 1. The molecule has 1 aliphatic rings. The highest BCUT2D eigenvalue weighted by Gasteiger charge is 2.26. The molecule has 0 aromatic heterocycles. The monoisotopic (exact) mass is 283 g/mol. The SMILES string of the molecule is O=C1OCCN1/C(=C\c1ccc(F)cc1)c1ccccc1. The average Bonchev–Trinajstić information content (AvgIpc) is 2.93. The molecule has 1 aliphatic heterocycles. The van der Waals surface area contributed by atoms with E-state index in [1.807, 2.05) is 36.4 Å². The van der Waals surface area contributed by atoms with Gasteiger partial charge in [-0.1, -0.05) is 42.5 Å². The largest absolute Gasteiger partial charge is 0.447 e. The molecule has 106 valence electrons. The van der Waals surface area contributed by atoms with E-state index in [0.29, 0.717) is 13.2 Å². The van der Waals surface area contributed by atoms with Crippen molar-refractivity contribution in [2.75, 3.05) is 13.2 Å². The van der Waals surface area contributed by atoms with Gasteiger partial charge in [-0.05, 0) is 29.3 Å². The second-order valence-electron chi connectivity index (χ2n) is 4.71. The van der Waals surface area contributed by atoms with Crippen LogP contribution >= 0.6 is 0 Å². The molecule has 0 atom stereocenters. The van der Waals surface area contributed by atoms with Gasteiger partial charge in [-0.2, -0.15) is 0 Å². The maximum absolute atomic E-state index is 13.0. The first-order chi connectivity index (χ1) is 10.2. The fourth-order valence-electron chi connectivity index (χ4n) is 2.26. The van der Waals surface area contributed by atoms with E-state index in [-0.39, 0.29) is 11.9 Å². The van der Waals surface area contributed by atoms with E-state index in [4.69, 9.17) is 4.74 Å². The fraction of sp³-hybridized carbons (Fsp3) is 0.118. The number of carbonyl (C=O) groups excluding carboxylic acids is 1. The number of hydrogen-bond acceptors (Lipinski definition) is 2. The lowest BCUT2D eigenvalue weighted by Gasteiger charge is -2.17. The van der Waals surface area contributed by atoms with Gasteiger partial charge in [0.1, 0.15) is 12.4 Å². The number of rotatable bonds is 3. The molecule has 3 nitrogen and oxygen atoms in total. The van der Waals surface area contributed by atoms with E-state index in [0.717, 1.165) is 16.8 Å². The van der Waals surface area contributed by atoms with Crippen molar-refractivity contribution < 1.29 is 13.9 Å². The minimum atomic E-state index is -0.354. The zero-order chi connectivity index (χ0) is 14.7. The van der Waals surface area contributed by atoms with Gasteiger partial charge in [0, 0.05) is 0 Å². The number of amides is 1.